The fourth-order valence-corrected chi connectivity index (χ4v) is 7.22. The number of nitrogen functional groups attached to an aromatic ring is 1. The number of aryl methyl sites for hydroxylation is 1. The van der Waals surface area contributed by atoms with Crippen LogP contribution in [0.4, 0.5) is 0 Å². The molecular formula is C23H31N5OS. The summed E-state index contributed by atoms with van der Waals surface area (Å²) in [7, 11) is 0. The first-order valence-electron chi connectivity index (χ1n) is 11.1. The molecule has 0 aliphatic heterocycles. The van der Waals surface area contributed by atoms with Crippen molar-refractivity contribution in [3.8, 4) is 11.4 Å². The predicted octanol–water partition coefficient (Wildman–Crippen LogP) is 3.78. The molecule has 4 saturated carbocycles. The third-order valence-electron chi connectivity index (χ3n) is 7.69. The summed E-state index contributed by atoms with van der Waals surface area (Å²) in [6.45, 7) is 4.26. The molecule has 0 spiro atoms. The molecule has 30 heavy (non-hydrogen) atoms. The maximum absolute atomic E-state index is 12.7. The Morgan fingerprint density at radius 1 is 1.17 bits per heavy atom. The predicted molar refractivity (Wildman–Crippen MR) is 119 cm³/mol. The molecule has 160 valence electrons. The molecule has 3 N–H and O–H groups in total. The van der Waals surface area contributed by atoms with Gasteiger partial charge in [0.2, 0.25) is 11.1 Å². The van der Waals surface area contributed by atoms with Crippen molar-refractivity contribution >= 4 is 17.7 Å². The van der Waals surface area contributed by atoms with Gasteiger partial charge in [0.05, 0.1) is 5.75 Å². The van der Waals surface area contributed by atoms with E-state index in [4.69, 9.17) is 5.84 Å². The first kappa shape index (κ1) is 19.9. The van der Waals surface area contributed by atoms with E-state index in [1.54, 1.807) is 0 Å². The van der Waals surface area contributed by atoms with Crippen molar-refractivity contribution in [1.29, 1.82) is 0 Å². The van der Waals surface area contributed by atoms with Gasteiger partial charge in [-0.15, -0.1) is 10.2 Å². The summed E-state index contributed by atoms with van der Waals surface area (Å²) in [5, 5.41) is 12.3. The van der Waals surface area contributed by atoms with E-state index in [9.17, 15) is 4.79 Å². The Bertz CT molecular complexity index is 902. The number of thioether (sulfide) groups is 1. The van der Waals surface area contributed by atoms with Crippen molar-refractivity contribution in [2.24, 2.45) is 23.2 Å². The van der Waals surface area contributed by atoms with Gasteiger partial charge in [-0.25, -0.2) is 4.68 Å². The Morgan fingerprint density at radius 3 is 2.37 bits per heavy atom. The van der Waals surface area contributed by atoms with Gasteiger partial charge >= 0.3 is 0 Å². The van der Waals surface area contributed by atoms with Crippen molar-refractivity contribution in [3.63, 3.8) is 0 Å². The first-order valence-corrected chi connectivity index (χ1v) is 12.1. The number of carbonyl (C=O) groups excluding carboxylic acids is 1. The second-order valence-electron chi connectivity index (χ2n) is 9.90. The molecule has 4 aliphatic rings. The molecule has 1 heterocycles. The lowest BCUT2D eigenvalue weighted by atomic mass is 9.48. The molecule has 6 nitrogen and oxygen atoms in total. The van der Waals surface area contributed by atoms with Crippen molar-refractivity contribution in [2.75, 3.05) is 11.6 Å². The van der Waals surface area contributed by atoms with Gasteiger partial charge in [-0.2, -0.15) is 0 Å². The number of aromatic nitrogens is 3. The lowest BCUT2D eigenvalue weighted by molar-refractivity contribution is -0.123. The highest BCUT2D eigenvalue weighted by atomic mass is 32.2. The molecule has 4 bridgehead atoms. The second-order valence-corrected chi connectivity index (χ2v) is 10.8. The number of benzene rings is 1. The van der Waals surface area contributed by atoms with Crippen LogP contribution < -0.4 is 11.2 Å². The number of hydrogen-bond acceptors (Lipinski definition) is 5. The Kier molecular flexibility index (Phi) is 5.04. The molecule has 7 heteroatoms. The highest BCUT2D eigenvalue weighted by molar-refractivity contribution is 7.99. The van der Waals surface area contributed by atoms with Crippen LogP contribution in [-0.4, -0.2) is 32.6 Å². The third kappa shape index (κ3) is 3.61. The van der Waals surface area contributed by atoms with Gasteiger partial charge in [-0.1, -0.05) is 41.6 Å². The van der Waals surface area contributed by atoms with Gasteiger partial charge in [0.25, 0.3) is 0 Å². The van der Waals surface area contributed by atoms with Crippen LogP contribution in [0.25, 0.3) is 11.4 Å². The Hall–Kier alpha value is -2.02. The summed E-state index contributed by atoms with van der Waals surface area (Å²) in [5.41, 5.74) is 2.42. The van der Waals surface area contributed by atoms with Crippen LogP contribution in [-0.2, 0) is 4.79 Å². The van der Waals surface area contributed by atoms with Gasteiger partial charge in [-0.05, 0) is 75.5 Å². The summed E-state index contributed by atoms with van der Waals surface area (Å²) in [6, 6.07) is 8.25. The zero-order valence-electron chi connectivity index (χ0n) is 17.8. The zero-order valence-corrected chi connectivity index (χ0v) is 18.6. The highest BCUT2D eigenvalue weighted by Crippen LogP contribution is 2.61. The number of amides is 1. The summed E-state index contributed by atoms with van der Waals surface area (Å²) >= 11 is 1.35. The average Bonchev–Trinajstić information content (AvgIpc) is 3.06. The first-order chi connectivity index (χ1) is 14.4. The zero-order chi connectivity index (χ0) is 20.9. The molecule has 2 aromatic rings. The molecule has 1 amide bonds. The van der Waals surface area contributed by atoms with Crippen molar-refractivity contribution in [2.45, 2.75) is 63.6 Å². The van der Waals surface area contributed by atoms with Crippen LogP contribution in [0.5, 0.6) is 0 Å². The van der Waals surface area contributed by atoms with Crippen LogP contribution in [0.15, 0.2) is 29.4 Å². The largest absolute Gasteiger partial charge is 0.352 e. The van der Waals surface area contributed by atoms with Crippen LogP contribution in [0.2, 0.25) is 0 Å². The van der Waals surface area contributed by atoms with Crippen LogP contribution in [0, 0.1) is 30.1 Å². The van der Waals surface area contributed by atoms with E-state index >= 15 is 0 Å². The lowest BCUT2D eigenvalue weighted by Gasteiger charge is -2.59. The quantitative estimate of drug-likeness (QED) is 0.543. The molecule has 1 aromatic carbocycles. The standard InChI is InChI=1S/C23H31N5OS/c1-14-3-5-19(6-4-14)21-26-27-22(28(21)24)30-13-20(29)25-15(2)23-10-16-7-17(11-23)9-18(8-16)12-23/h3-6,15-18H,7-13,24H2,1-2H3,(H,25,29)/t15-,16?,17?,18?,23?/m1/s1. The molecule has 1 atom stereocenters. The second kappa shape index (κ2) is 7.59. The molecule has 0 unspecified atom stereocenters. The Morgan fingerprint density at radius 2 is 1.77 bits per heavy atom. The summed E-state index contributed by atoms with van der Waals surface area (Å²) in [6.07, 6.45) is 8.15. The van der Waals surface area contributed by atoms with Gasteiger partial charge in [-0.3, -0.25) is 4.79 Å². The number of nitrogens with zero attached hydrogens (tertiary/aromatic N) is 3. The van der Waals surface area contributed by atoms with Gasteiger partial charge in [0, 0.05) is 11.6 Å². The SMILES string of the molecule is Cc1ccc(-c2nnc(SCC(=O)N[C@H](C)C34CC5CC(CC(C5)C3)C4)n2N)cc1. The number of nitrogens with one attached hydrogen (secondary N) is 1. The molecule has 0 radical (unpaired) electrons. The van der Waals surface area contributed by atoms with E-state index in [-0.39, 0.29) is 11.9 Å². The maximum Gasteiger partial charge on any atom is 0.230 e. The average molecular weight is 426 g/mol. The molecular weight excluding hydrogens is 394 g/mol. The van der Waals surface area contributed by atoms with E-state index in [2.05, 4.69) is 22.4 Å². The Labute approximate surface area is 182 Å². The number of nitrogens with two attached hydrogens (primary N) is 1. The number of rotatable bonds is 6. The Balaban J connectivity index is 1.19. The molecule has 4 fully saturated rings. The monoisotopic (exact) mass is 425 g/mol. The molecule has 1 aromatic heterocycles. The van der Waals surface area contributed by atoms with E-state index < -0.39 is 0 Å². The van der Waals surface area contributed by atoms with Crippen LogP contribution in [0.1, 0.15) is 51.0 Å². The molecule has 6 rings (SSSR count). The minimum atomic E-state index is 0.0585. The van der Waals surface area contributed by atoms with Crippen LogP contribution in [0.3, 0.4) is 0 Å². The van der Waals surface area contributed by atoms with Crippen molar-refractivity contribution in [3.05, 3.63) is 29.8 Å². The third-order valence-corrected chi connectivity index (χ3v) is 8.63. The molecule has 4 aliphatic carbocycles. The number of hydrogen-bond donors (Lipinski definition) is 2. The summed E-state index contributed by atoms with van der Waals surface area (Å²) in [4.78, 5) is 12.7. The minimum absolute atomic E-state index is 0.0585. The van der Waals surface area contributed by atoms with E-state index in [0.29, 0.717) is 22.1 Å². The smallest absolute Gasteiger partial charge is 0.230 e. The highest BCUT2D eigenvalue weighted by Gasteiger charge is 2.53. The van der Waals surface area contributed by atoms with E-state index in [1.165, 1.54) is 60.5 Å². The maximum atomic E-state index is 12.7. The van der Waals surface area contributed by atoms with Gasteiger partial charge < -0.3 is 11.2 Å². The van der Waals surface area contributed by atoms with Crippen LogP contribution >= 0.6 is 11.8 Å². The molecule has 0 saturated heterocycles. The van der Waals surface area contributed by atoms with E-state index in [0.717, 1.165) is 23.3 Å². The fourth-order valence-electron chi connectivity index (χ4n) is 6.55. The lowest BCUT2D eigenvalue weighted by Crippen LogP contribution is -2.56. The fraction of sp³-hybridized carbons (Fsp3) is 0.609. The topological polar surface area (TPSA) is 85.8 Å². The summed E-state index contributed by atoms with van der Waals surface area (Å²) in [5.74, 6) is 9.85. The van der Waals surface area contributed by atoms with Gasteiger partial charge in [0.1, 0.15) is 0 Å². The summed E-state index contributed by atoms with van der Waals surface area (Å²) < 4.78 is 1.48. The van der Waals surface area contributed by atoms with Gasteiger partial charge in [0.15, 0.2) is 5.82 Å². The minimum Gasteiger partial charge on any atom is -0.352 e. The van der Waals surface area contributed by atoms with Crippen molar-refractivity contribution in [1.82, 2.24) is 20.2 Å². The number of carbonyl (C=O) groups is 1. The van der Waals surface area contributed by atoms with Crippen molar-refractivity contribution < 1.29 is 4.79 Å². The van der Waals surface area contributed by atoms with E-state index in [1.807, 2.05) is 31.2 Å². The normalized spacial score (nSPS) is 30.4.